The normalized spacial score (nSPS) is 18.3. The van der Waals surface area contributed by atoms with Gasteiger partial charge in [-0.05, 0) is 67.8 Å². The van der Waals surface area contributed by atoms with Gasteiger partial charge >= 0.3 is 0 Å². The number of amides is 1. The van der Waals surface area contributed by atoms with E-state index in [1.165, 1.54) is 34.6 Å². The largest absolute Gasteiger partial charge is 0.326 e. The first kappa shape index (κ1) is 19.4. The van der Waals surface area contributed by atoms with Crippen molar-refractivity contribution in [3.05, 3.63) is 59.7 Å². The summed E-state index contributed by atoms with van der Waals surface area (Å²) in [6.45, 7) is 2.04. The summed E-state index contributed by atoms with van der Waals surface area (Å²) in [5.41, 5.74) is 1.09. The van der Waals surface area contributed by atoms with E-state index < -0.39 is 21.8 Å². The highest BCUT2D eigenvalue weighted by molar-refractivity contribution is 7.89. The average molecular weight is 394 g/mol. The third-order valence-corrected chi connectivity index (χ3v) is 6.53. The zero-order valence-corrected chi connectivity index (χ0v) is 15.6. The number of nitrogens with one attached hydrogen (secondary N) is 1. The van der Waals surface area contributed by atoms with Crippen LogP contribution in [-0.4, -0.2) is 31.7 Å². The van der Waals surface area contributed by atoms with E-state index in [2.05, 4.69) is 5.32 Å². The second kappa shape index (κ2) is 7.74. The summed E-state index contributed by atoms with van der Waals surface area (Å²) in [7, 11) is -3.79. The Morgan fingerprint density at radius 1 is 1.11 bits per heavy atom. The van der Waals surface area contributed by atoms with Crippen molar-refractivity contribution in [2.45, 2.75) is 24.7 Å². The molecule has 1 heterocycles. The molecule has 1 saturated heterocycles. The van der Waals surface area contributed by atoms with Gasteiger partial charge in [0.05, 0.1) is 10.8 Å². The lowest BCUT2D eigenvalue weighted by atomic mass is 9.98. The van der Waals surface area contributed by atoms with E-state index in [1.54, 1.807) is 6.92 Å². The molecule has 1 fully saturated rings. The topological polar surface area (TPSA) is 66.5 Å². The predicted molar refractivity (Wildman–Crippen MR) is 97.6 cm³/mol. The van der Waals surface area contributed by atoms with E-state index in [0.717, 1.165) is 12.1 Å². The quantitative estimate of drug-likeness (QED) is 0.865. The van der Waals surface area contributed by atoms with Crippen molar-refractivity contribution in [2.75, 3.05) is 18.4 Å². The van der Waals surface area contributed by atoms with Gasteiger partial charge in [0, 0.05) is 18.8 Å². The van der Waals surface area contributed by atoms with Crippen LogP contribution in [0.1, 0.15) is 18.4 Å². The minimum Gasteiger partial charge on any atom is -0.326 e. The summed E-state index contributed by atoms with van der Waals surface area (Å²) in [6, 6.07) is 8.69. The number of hydrogen-bond acceptors (Lipinski definition) is 3. The van der Waals surface area contributed by atoms with Crippen LogP contribution in [0.5, 0.6) is 0 Å². The van der Waals surface area contributed by atoms with E-state index in [-0.39, 0.29) is 23.2 Å². The Morgan fingerprint density at radius 3 is 2.44 bits per heavy atom. The first-order valence-electron chi connectivity index (χ1n) is 8.60. The molecule has 1 N–H and O–H groups in total. The van der Waals surface area contributed by atoms with E-state index in [1.807, 2.05) is 0 Å². The molecule has 2 aromatic carbocycles. The molecule has 0 bridgehead atoms. The summed E-state index contributed by atoms with van der Waals surface area (Å²) in [5.74, 6) is -1.72. The lowest BCUT2D eigenvalue weighted by molar-refractivity contribution is -0.120. The SMILES string of the molecule is Cc1cc(F)ccc1NC(=O)[C@@H]1CCCN(S(=O)(=O)c2ccc(F)cc2)C1. The highest BCUT2D eigenvalue weighted by Crippen LogP contribution is 2.25. The van der Waals surface area contributed by atoms with Crippen LogP contribution in [0.3, 0.4) is 0 Å². The summed E-state index contributed by atoms with van der Waals surface area (Å²) in [4.78, 5) is 12.6. The van der Waals surface area contributed by atoms with Crippen LogP contribution in [-0.2, 0) is 14.8 Å². The second-order valence-corrected chi connectivity index (χ2v) is 8.54. The monoisotopic (exact) mass is 394 g/mol. The molecule has 0 unspecified atom stereocenters. The van der Waals surface area contributed by atoms with Crippen LogP contribution < -0.4 is 5.32 Å². The van der Waals surface area contributed by atoms with Crippen molar-refractivity contribution >= 4 is 21.6 Å². The molecule has 5 nitrogen and oxygen atoms in total. The van der Waals surface area contributed by atoms with Gasteiger partial charge in [0.15, 0.2) is 0 Å². The Labute approximate surface area is 157 Å². The van der Waals surface area contributed by atoms with Gasteiger partial charge in [-0.25, -0.2) is 17.2 Å². The number of carbonyl (C=O) groups excluding carboxylic acids is 1. The molecule has 144 valence electrons. The van der Waals surface area contributed by atoms with Crippen molar-refractivity contribution in [2.24, 2.45) is 5.92 Å². The molecule has 1 aliphatic rings. The van der Waals surface area contributed by atoms with Gasteiger partial charge in [0.1, 0.15) is 11.6 Å². The van der Waals surface area contributed by atoms with Crippen molar-refractivity contribution in [3.63, 3.8) is 0 Å². The highest BCUT2D eigenvalue weighted by atomic mass is 32.2. The lowest BCUT2D eigenvalue weighted by Gasteiger charge is -2.31. The van der Waals surface area contributed by atoms with Gasteiger partial charge in [0.25, 0.3) is 0 Å². The minimum absolute atomic E-state index is 0.000614. The molecular weight excluding hydrogens is 374 g/mol. The fourth-order valence-electron chi connectivity index (χ4n) is 3.13. The zero-order chi connectivity index (χ0) is 19.6. The van der Waals surface area contributed by atoms with Crippen molar-refractivity contribution in [1.82, 2.24) is 4.31 Å². The number of nitrogens with zero attached hydrogens (tertiary/aromatic N) is 1. The molecule has 0 spiro atoms. The Bertz CT molecular complexity index is 946. The fourth-order valence-corrected chi connectivity index (χ4v) is 4.66. The molecule has 1 atom stereocenters. The first-order chi connectivity index (χ1) is 12.8. The van der Waals surface area contributed by atoms with Crippen LogP contribution >= 0.6 is 0 Å². The number of halogens is 2. The van der Waals surface area contributed by atoms with Gasteiger partial charge < -0.3 is 5.32 Å². The van der Waals surface area contributed by atoms with Gasteiger partial charge in [-0.15, -0.1) is 0 Å². The standard InChI is InChI=1S/C19H20F2N2O3S/c1-13-11-16(21)6-9-18(13)22-19(24)14-3-2-10-23(12-14)27(25,26)17-7-4-15(20)5-8-17/h4-9,11,14H,2-3,10,12H2,1H3,(H,22,24)/t14-/m1/s1. The first-order valence-corrected chi connectivity index (χ1v) is 10.0. The fraction of sp³-hybridized carbons (Fsp3) is 0.316. The molecule has 27 heavy (non-hydrogen) atoms. The van der Waals surface area contributed by atoms with E-state index in [0.29, 0.717) is 30.6 Å². The van der Waals surface area contributed by atoms with Gasteiger partial charge in [-0.1, -0.05) is 0 Å². The number of carbonyl (C=O) groups is 1. The highest BCUT2D eigenvalue weighted by Gasteiger charge is 2.33. The number of aryl methyl sites for hydroxylation is 1. The van der Waals surface area contributed by atoms with Crippen molar-refractivity contribution in [1.29, 1.82) is 0 Å². The smallest absolute Gasteiger partial charge is 0.243 e. The zero-order valence-electron chi connectivity index (χ0n) is 14.8. The molecule has 0 saturated carbocycles. The number of hydrogen-bond donors (Lipinski definition) is 1. The molecule has 2 aromatic rings. The van der Waals surface area contributed by atoms with E-state index in [9.17, 15) is 22.0 Å². The molecule has 3 rings (SSSR count). The van der Waals surface area contributed by atoms with Crippen LogP contribution in [0, 0.1) is 24.5 Å². The van der Waals surface area contributed by atoms with Crippen LogP contribution in [0.15, 0.2) is 47.4 Å². The Hall–Kier alpha value is -2.32. The van der Waals surface area contributed by atoms with Crippen LogP contribution in [0.2, 0.25) is 0 Å². The Kier molecular flexibility index (Phi) is 5.57. The van der Waals surface area contributed by atoms with Gasteiger partial charge in [0.2, 0.25) is 15.9 Å². The summed E-state index contributed by atoms with van der Waals surface area (Å²) in [6.07, 6.45) is 1.10. The average Bonchev–Trinajstić information content (AvgIpc) is 2.64. The third-order valence-electron chi connectivity index (χ3n) is 4.65. The Morgan fingerprint density at radius 2 is 1.78 bits per heavy atom. The van der Waals surface area contributed by atoms with E-state index in [4.69, 9.17) is 0 Å². The maximum absolute atomic E-state index is 13.2. The van der Waals surface area contributed by atoms with Gasteiger partial charge in [-0.3, -0.25) is 4.79 Å². The molecule has 0 aliphatic carbocycles. The van der Waals surface area contributed by atoms with Crippen molar-refractivity contribution < 1.29 is 22.0 Å². The molecule has 8 heteroatoms. The number of piperidine rings is 1. The second-order valence-electron chi connectivity index (χ2n) is 6.60. The minimum atomic E-state index is -3.79. The molecule has 0 radical (unpaired) electrons. The predicted octanol–water partition coefficient (Wildman–Crippen LogP) is 3.31. The lowest BCUT2D eigenvalue weighted by Crippen LogP contribution is -2.43. The van der Waals surface area contributed by atoms with Gasteiger partial charge in [-0.2, -0.15) is 4.31 Å². The summed E-state index contributed by atoms with van der Waals surface area (Å²) in [5, 5.41) is 2.75. The number of sulfonamides is 1. The Balaban J connectivity index is 1.73. The molecule has 1 aliphatic heterocycles. The number of anilines is 1. The summed E-state index contributed by atoms with van der Waals surface area (Å²) < 4.78 is 53.0. The summed E-state index contributed by atoms with van der Waals surface area (Å²) >= 11 is 0. The van der Waals surface area contributed by atoms with Crippen LogP contribution in [0.4, 0.5) is 14.5 Å². The maximum Gasteiger partial charge on any atom is 0.243 e. The van der Waals surface area contributed by atoms with Crippen molar-refractivity contribution in [3.8, 4) is 0 Å². The van der Waals surface area contributed by atoms with Crippen LogP contribution in [0.25, 0.3) is 0 Å². The molecule has 1 amide bonds. The molecule has 0 aromatic heterocycles. The number of benzene rings is 2. The third kappa shape index (κ3) is 4.33. The maximum atomic E-state index is 13.2. The molecular formula is C19H20F2N2O3S. The number of rotatable bonds is 4. The van der Waals surface area contributed by atoms with E-state index >= 15 is 0 Å².